The number of aliphatic carboxylic acids is 1. The molecule has 1 saturated heterocycles. The van der Waals surface area contributed by atoms with E-state index in [2.05, 4.69) is 17.0 Å². The van der Waals surface area contributed by atoms with Gasteiger partial charge >= 0.3 is 5.97 Å². The Morgan fingerprint density at radius 3 is 2.70 bits per heavy atom. The highest BCUT2D eigenvalue weighted by Crippen LogP contribution is 2.20. The van der Waals surface area contributed by atoms with Crippen LogP contribution < -0.4 is 0 Å². The van der Waals surface area contributed by atoms with Gasteiger partial charge < -0.3 is 14.9 Å². The lowest BCUT2D eigenvalue weighted by Gasteiger charge is -2.17. The smallest absolute Gasteiger partial charge is 0.308 e. The van der Waals surface area contributed by atoms with E-state index < -0.39 is 11.9 Å². The van der Waals surface area contributed by atoms with E-state index in [0.29, 0.717) is 13.1 Å². The fourth-order valence-corrected chi connectivity index (χ4v) is 2.50. The summed E-state index contributed by atoms with van der Waals surface area (Å²) in [6, 6.07) is 8.07. The van der Waals surface area contributed by atoms with Crippen molar-refractivity contribution in [3.63, 3.8) is 0 Å². The second-order valence-corrected chi connectivity index (χ2v) is 5.57. The quantitative estimate of drug-likeness (QED) is 0.877. The Morgan fingerprint density at radius 1 is 1.40 bits per heavy atom. The molecule has 1 aliphatic heterocycles. The molecule has 1 amide bonds. The first-order valence-electron chi connectivity index (χ1n) is 6.69. The maximum absolute atomic E-state index is 11.8. The van der Waals surface area contributed by atoms with Crippen molar-refractivity contribution < 1.29 is 14.7 Å². The molecule has 0 aromatic heterocycles. The zero-order chi connectivity index (χ0) is 14.7. The van der Waals surface area contributed by atoms with Crippen LogP contribution in [0.3, 0.4) is 0 Å². The van der Waals surface area contributed by atoms with E-state index in [1.54, 1.807) is 4.90 Å². The second-order valence-electron chi connectivity index (χ2n) is 5.57. The van der Waals surface area contributed by atoms with Gasteiger partial charge in [0.2, 0.25) is 5.91 Å². The van der Waals surface area contributed by atoms with Gasteiger partial charge in [-0.15, -0.1) is 0 Å². The molecule has 2 rings (SSSR count). The van der Waals surface area contributed by atoms with Crippen molar-refractivity contribution in [1.82, 2.24) is 9.80 Å². The van der Waals surface area contributed by atoms with E-state index in [9.17, 15) is 9.59 Å². The number of likely N-dealkylation sites (tertiary alicyclic amines) is 1. The van der Waals surface area contributed by atoms with Crippen molar-refractivity contribution in [2.24, 2.45) is 5.92 Å². The molecular formula is C15H20N2O3. The normalized spacial score (nSPS) is 18.9. The molecule has 0 radical (unpaired) electrons. The number of rotatable bonds is 5. The van der Waals surface area contributed by atoms with Crippen molar-refractivity contribution in [3.05, 3.63) is 35.4 Å². The van der Waals surface area contributed by atoms with Crippen LogP contribution in [0.1, 0.15) is 17.5 Å². The molecule has 1 fully saturated rings. The first kappa shape index (κ1) is 14.5. The molecular weight excluding hydrogens is 256 g/mol. The van der Waals surface area contributed by atoms with E-state index in [1.165, 1.54) is 5.56 Å². The third-order valence-electron chi connectivity index (χ3n) is 3.43. The summed E-state index contributed by atoms with van der Waals surface area (Å²) in [5.74, 6) is -1.52. The van der Waals surface area contributed by atoms with Gasteiger partial charge in [0.15, 0.2) is 0 Å². The summed E-state index contributed by atoms with van der Waals surface area (Å²) in [5, 5.41) is 8.97. The monoisotopic (exact) mass is 276 g/mol. The standard InChI is InChI=1S/C15H20N2O3/c1-16(2)8-11-4-3-5-12(6-11)9-17-10-13(15(19)20)7-14(17)18/h3-6,13H,7-10H2,1-2H3,(H,19,20). The maximum atomic E-state index is 11.8. The van der Waals surface area contributed by atoms with Gasteiger partial charge in [0.25, 0.3) is 0 Å². The lowest BCUT2D eigenvalue weighted by molar-refractivity contribution is -0.141. The molecule has 1 aromatic carbocycles. The Kier molecular flexibility index (Phi) is 4.39. The molecule has 108 valence electrons. The molecule has 1 atom stereocenters. The van der Waals surface area contributed by atoms with Crippen LogP contribution in [0.5, 0.6) is 0 Å². The number of nitrogens with zero attached hydrogens (tertiary/aromatic N) is 2. The summed E-state index contributed by atoms with van der Waals surface area (Å²) in [5.41, 5.74) is 2.23. The molecule has 1 unspecified atom stereocenters. The number of carbonyl (C=O) groups excluding carboxylic acids is 1. The minimum Gasteiger partial charge on any atom is -0.481 e. The first-order valence-corrected chi connectivity index (χ1v) is 6.69. The first-order chi connectivity index (χ1) is 9.45. The zero-order valence-electron chi connectivity index (χ0n) is 11.9. The highest BCUT2D eigenvalue weighted by Gasteiger charge is 2.33. The number of hydrogen-bond donors (Lipinski definition) is 1. The number of hydrogen-bond acceptors (Lipinski definition) is 3. The van der Waals surface area contributed by atoms with Crippen LogP contribution in [-0.2, 0) is 22.7 Å². The highest BCUT2D eigenvalue weighted by molar-refractivity contribution is 5.86. The van der Waals surface area contributed by atoms with E-state index in [-0.39, 0.29) is 12.3 Å². The molecule has 0 bridgehead atoms. The third kappa shape index (κ3) is 3.57. The SMILES string of the molecule is CN(C)Cc1cccc(CN2CC(C(=O)O)CC2=O)c1. The summed E-state index contributed by atoms with van der Waals surface area (Å²) >= 11 is 0. The van der Waals surface area contributed by atoms with Crippen LogP contribution in [0.2, 0.25) is 0 Å². The maximum Gasteiger partial charge on any atom is 0.308 e. The van der Waals surface area contributed by atoms with Crippen LogP contribution in [0.15, 0.2) is 24.3 Å². The lowest BCUT2D eigenvalue weighted by atomic mass is 10.1. The molecule has 1 aliphatic rings. The van der Waals surface area contributed by atoms with E-state index >= 15 is 0 Å². The summed E-state index contributed by atoms with van der Waals surface area (Å²) < 4.78 is 0. The Labute approximate surface area is 118 Å². The number of amides is 1. The van der Waals surface area contributed by atoms with Crippen LogP contribution in [-0.4, -0.2) is 47.4 Å². The van der Waals surface area contributed by atoms with E-state index in [0.717, 1.165) is 12.1 Å². The fourth-order valence-electron chi connectivity index (χ4n) is 2.50. The number of carboxylic acids is 1. The van der Waals surface area contributed by atoms with Crippen LogP contribution in [0.4, 0.5) is 0 Å². The van der Waals surface area contributed by atoms with E-state index in [4.69, 9.17) is 5.11 Å². The third-order valence-corrected chi connectivity index (χ3v) is 3.43. The molecule has 5 heteroatoms. The molecule has 1 heterocycles. The fraction of sp³-hybridized carbons (Fsp3) is 0.467. The minimum absolute atomic E-state index is 0.0737. The van der Waals surface area contributed by atoms with Crippen molar-refractivity contribution in [2.45, 2.75) is 19.5 Å². The summed E-state index contributed by atoms with van der Waals surface area (Å²) in [4.78, 5) is 26.5. The zero-order valence-corrected chi connectivity index (χ0v) is 11.9. The summed E-state index contributed by atoms with van der Waals surface area (Å²) in [7, 11) is 4.02. The summed E-state index contributed by atoms with van der Waals surface area (Å²) in [6.45, 7) is 1.65. The lowest BCUT2D eigenvalue weighted by Crippen LogP contribution is -2.25. The average Bonchev–Trinajstić information content (AvgIpc) is 2.71. The van der Waals surface area contributed by atoms with E-state index in [1.807, 2.05) is 26.2 Å². The molecule has 20 heavy (non-hydrogen) atoms. The van der Waals surface area contributed by atoms with Crippen LogP contribution >= 0.6 is 0 Å². The van der Waals surface area contributed by atoms with Gasteiger partial charge in [-0.2, -0.15) is 0 Å². The van der Waals surface area contributed by atoms with Crippen LogP contribution in [0.25, 0.3) is 0 Å². The van der Waals surface area contributed by atoms with Gasteiger partial charge in [0, 0.05) is 26.1 Å². The van der Waals surface area contributed by atoms with Crippen LogP contribution in [0, 0.1) is 5.92 Å². The van der Waals surface area contributed by atoms with Crippen molar-refractivity contribution >= 4 is 11.9 Å². The molecule has 1 aromatic rings. The van der Waals surface area contributed by atoms with Gasteiger partial charge in [-0.25, -0.2) is 0 Å². The second kappa shape index (κ2) is 6.05. The van der Waals surface area contributed by atoms with Crippen molar-refractivity contribution in [2.75, 3.05) is 20.6 Å². The Bertz CT molecular complexity index is 514. The van der Waals surface area contributed by atoms with Gasteiger partial charge in [-0.1, -0.05) is 24.3 Å². The average molecular weight is 276 g/mol. The number of benzene rings is 1. The van der Waals surface area contributed by atoms with Gasteiger partial charge in [-0.3, -0.25) is 9.59 Å². The molecule has 0 aliphatic carbocycles. The molecule has 0 spiro atoms. The predicted octanol–water partition coefficient (Wildman–Crippen LogP) is 1.18. The largest absolute Gasteiger partial charge is 0.481 e. The van der Waals surface area contributed by atoms with Gasteiger partial charge in [0.05, 0.1) is 5.92 Å². The minimum atomic E-state index is -0.887. The predicted molar refractivity (Wildman–Crippen MR) is 75.0 cm³/mol. The number of carbonyl (C=O) groups is 2. The molecule has 5 nitrogen and oxygen atoms in total. The number of carboxylic acid groups (broad SMARTS) is 1. The van der Waals surface area contributed by atoms with Gasteiger partial charge in [-0.05, 0) is 25.2 Å². The highest BCUT2D eigenvalue weighted by atomic mass is 16.4. The Hall–Kier alpha value is -1.88. The van der Waals surface area contributed by atoms with Crippen molar-refractivity contribution in [3.8, 4) is 0 Å². The van der Waals surface area contributed by atoms with Gasteiger partial charge in [0.1, 0.15) is 0 Å². The molecule has 0 saturated carbocycles. The Morgan fingerprint density at radius 2 is 2.10 bits per heavy atom. The summed E-state index contributed by atoms with van der Waals surface area (Å²) in [6.07, 6.45) is 0.118. The topological polar surface area (TPSA) is 60.9 Å². The van der Waals surface area contributed by atoms with Crippen molar-refractivity contribution in [1.29, 1.82) is 0 Å². The molecule has 1 N–H and O–H groups in total. The Balaban J connectivity index is 2.03.